The zero-order valence-electron chi connectivity index (χ0n) is 11.8. The molecule has 0 spiro atoms. The van der Waals surface area contributed by atoms with Gasteiger partial charge in [0.2, 0.25) is 0 Å². The molecule has 0 bridgehead atoms. The number of benzene rings is 1. The fourth-order valence-corrected chi connectivity index (χ4v) is 2.85. The van der Waals surface area contributed by atoms with Gasteiger partial charge in [0, 0.05) is 18.5 Å². The first-order valence-corrected chi connectivity index (χ1v) is 7.22. The van der Waals surface area contributed by atoms with Crippen LogP contribution in [0.3, 0.4) is 0 Å². The van der Waals surface area contributed by atoms with Gasteiger partial charge in [0.1, 0.15) is 12.0 Å². The van der Waals surface area contributed by atoms with Crippen LogP contribution in [0, 0.1) is 16.0 Å². The summed E-state index contributed by atoms with van der Waals surface area (Å²) in [4.78, 5) is 21.2. The third kappa shape index (κ3) is 4.01. The molecule has 1 aromatic carbocycles. The van der Waals surface area contributed by atoms with Gasteiger partial charge in [-0.25, -0.2) is 0 Å². The Bertz CT molecular complexity index is 510. The van der Waals surface area contributed by atoms with Crippen molar-refractivity contribution in [2.75, 3.05) is 5.32 Å². The van der Waals surface area contributed by atoms with Crippen LogP contribution in [0.5, 0.6) is 0 Å². The number of nitro benzene ring substituents is 1. The predicted octanol–water partition coefficient (Wildman–Crippen LogP) is 2.65. The number of aliphatic hydroxyl groups is 1. The Labute approximate surface area is 123 Å². The summed E-state index contributed by atoms with van der Waals surface area (Å²) in [5, 5.41) is 23.5. The Balaban J connectivity index is 2.05. The molecule has 1 saturated carbocycles. The zero-order chi connectivity index (χ0) is 15.2. The summed E-state index contributed by atoms with van der Waals surface area (Å²) < 4.78 is 0. The van der Waals surface area contributed by atoms with Gasteiger partial charge in [-0.1, -0.05) is 0 Å². The molecule has 1 fully saturated rings. The maximum absolute atomic E-state index is 11.1. The molecular formula is C15H20N2O4. The lowest BCUT2D eigenvalue weighted by Gasteiger charge is -2.28. The molecular weight excluding hydrogens is 272 g/mol. The Morgan fingerprint density at radius 3 is 2.62 bits per heavy atom. The molecule has 0 atom stereocenters. The highest BCUT2D eigenvalue weighted by atomic mass is 16.6. The minimum atomic E-state index is -0.415. The van der Waals surface area contributed by atoms with E-state index in [1.807, 2.05) is 0 Å². The lowest BCUT2D eigenvalue weighted by molar-refractivity contribution is -0.384. The summed E-state index contributed by atoms with van der Waals surface area (Å²) in [6, 6.07) is 4.80. The Hall–Kier alpha value is -1.95. The van der Waals surface area contributed by atoms with Crippen LogP contribution in [0.4, 0.5) is 11.4 Å². The first-order chi connectivity index (χ1) is 10.1. The van der Waals surface area contributed by atoms with Gasteiger partial charge in [-0.05, 0) is 49.3 Å². The quantitative estimate of drug-likeness (QED) is 0.477. The molecule has 21 heavy (non-hydrogen) atoms. The van der Waals surface area contributed by atoms with E-state index in [1.54, 1.807) is 12.1 Å². The number of nitro groups is 1. The SMILES string of the molecule is O=CC[C@H]1CC[C@@H](Nc2cc(CO)ccc2[N+](=O)[O-])CC1. The van der Waals surface area contributed by atoms with E-state index in [4.69, 9.17) is 5.11 Å². The van der Waals surface area contributed by atoms with E-state index in [1.165, 1.54) is 6.07 Å². The first kappa shape index (κ1) is 15.4. The second kappa shape index (κ2) is 7.17. The molecule has 6 heteroatoms. The van der Waals surface area contributed by atoms with Gasteiger partial charge in [0.25, 0.3) is 5.69 Å². The van der Waals surface area contributed by atoms with Crippen molar-refractivity contribution in [2.24, 2.45) is 5.92 Å². The first-order valence-electron chi connectivity index (χ1n) is 7.22. The zero-order valence-corrected chi connectivity index (χ0v) is 11.8. The number of carbonyl (C=O) groups is 1. The Morgan fingerprint density at radius 1 is 1.33 bits per heavy atom. The number of rotatable bonds is 6. The maximum atomic E-state index is 11.1. The second-order valence-electron chi connectivity index (χ2n) is 5.53. The van der Waals surface area contributed by atoms with Crippen LogP contribution in [0.15, 0.2) is 18.2 Å². The van der Waals surface area contributed by atoms with E-state index in [9.17, 15) is 14.9 Å². The van der Waals surface area contributed by atoms with Crippen molar-refractivity contribution in [2.45, 2.75) is 44.8 Å². The highest BCUT2D eigenvalue weighted by Crippen LogP contribution is 2.31. The summed E-state index contributed by atoms with van der Waals surface area (Å²) in [6.07, 6.45) is 5.30. The molecule has 0 radical (unpaired) electrons. The van der Waals surface area contributed by atoms with Gasteiger partial charge >= 0.3 is 0 Å². The summed E-state index contributed by atoms with van der Waals surface area (Å²) in [5.41, 5.74) is 1.14. The van der Waals surface area contributed by atoms with Gasteiger partial charge < -0.3 is 15.2 Å². The number of hydrogen-bond donors (Lipinski definition) is 2. The van der Waals surface area contributed by atoms with Gasteiger partial charge in [0.15, 0.2) is 0 Å². The summed E-state index contributed by atoms with van der Waals surface area (Å²) >= 11 is 0. The van der Waals surface area contributed by atoms with E-state index in [0.29, 0.717) is 23.6 Å². The normalized spacial score (nSPS) is 21.8. The minimum Gasteiger partial charge on any atom is -0.392 e. The lowest BCUT2D eigenvalue weighted by Crippen LogP contribution is -2.26. The molecule has 6 nitrogen and oxygen atoms in total. The second-order valence-corrected chi connectivity index (χ2v) is 5.53. The van der Waals surface area contributed by atoms with Crippen LogP contribution in [0.2, 0.25) is 0 Å². The van der Waals surface area contributed by atoms with Crippen molar-refractivity contribution in [3.05, 3.63) is 33.9 Å². The highest BCUT2D eigenvalue weighted by molar-refractivity contribution is 5.63. The largest absolute Gasteiger partial charge is 0.392 e. The molecule has 0 aromatic heterocycles. The standard InChI is InChI=1S/C15H20N2O4/c18-8-7-11-1-4-13(5-2-11)16-14-9-12(10-19)3-6-15(14)17(20)21/h3,6,8-9,11,13,16,19H,1-2,4-5,7,10H2/t11-,13+. The number of hydrogen-bond acceptors (Lipinski definition) is 5. The van der Waals surface area contributed by atoms with Crippen LogP contribution in [0.1, 0.15) is 37.7 Å². The monoisotopic (exact) mass is 292 g/mol. The third-order valence-electron chi connectivity index (χ3n) is 4.08. The lowest BCUT2D eigenvalue weighted by atomic mass is 9.84. The number of aliphatic hydroxyl groups excluding tert-OH is 1. The fraction of sp³-hybridized carbons (Fsp3) is 0.533. The van der Waals surface area contributed by atoms with Crippen molar-refractivity contribution in [3.8, 4) is 0 Å². The average molecular weight is 292 g/mol. The summed E-state index contributed by atoms with van der Waals surface area (Å²) in [6.45, 7) is -0.140. The molecule has 0 heterocycles. The number of aldehydes is 1. The van der Waals surface area contributed by atoms with Gasteiger partial charge in [-0.2, -0.15) is 0 Å². The van der Waals surface area contributed by atoms with Gasteiger partial charge in [0.05, 0.1) is 11.5 Å². The van der Waals surface area contributed by atoms with E-state index in [2.05, 4.69) is 5.32 Å². The van der Waals surface area contributed by atoms with Crippen molar-refractivity contribution < 1.29 is 14.8 Å². The van der Waals surface area contributed by atoms with Gasteiger partial charge in [-0.3, -0.25) is 10.1 Å². The van der Waals surface area contributed by atoms with Crippen LogP contribution >= 0.6 is 0 Å². The predicted molar refractivity (Wildman–Crippen MR) is 79.1 cm³/mol. The molecule has 0 amide bonds. The molecule has 1 aliphatic carbocycles. The Morgan fingerprint density at radius 2 is 2.05 bits per heavy atom. The van der Waals surface area contributed by atoms with Crippen LogP contribution in [-0.4, -0.2) is 22.4 Å². The van der Waals surface area contributed by atoms with E-state index in [0.717, 1.165) is 32.0 Å². The molecule has 0 saturated heterocycles. The number of carbonyl (C=O) groups excluding carboxylic acids is 1. The smallest absolute Gasteiger partial charge is 0.292 e. The Kier molecular flexibility index (Phi) is 5.27. The highest BCUT2D eigenvalue weighted by Gasteiger charge is 2.23. The average Bonchev–Trinajstić information content (AvgIpc) is 2.49. The van der Waals surface area contributed by atoms with Crippen molar-refractivity contribution >= 4 is 17.7 Å². The van der Waals surface area contributed by atoms with E-state index < -0.39 is 4.92 Å². The number of anilines is 1. The van der Waals surface area contributed by atoms with Crippen LogP contribution < -0.4 is 5.32 Å². The van der Waals surface area contributed by atoms with Crippen molar-refractivity contribution in [1.82, 2.24) is 0 Å². The molecule has 0 aliphatic heterocycles. The molecule has 1 aromatic rings. The van der Waals surface area contributed by atoms with E-state index >= 15 is 0 Å². The molecule has 2 N–H and O–H groups in total. The van der Waals surface area contributed by atoms with Crippen molar-refractivity contribution in [3.63, 3.8) is 0 Å². The topological polar surface area (TPSA) is 92.5 Å². The van der Waals surface area contributed by atoms with Crippen LogP contribution in [0.25, 0.3) is 0 Å². The third-order valence-corrected chi connectivity index (χ3v) is 4.08. The molecule has 114 valence electrons. The van der Waals surface area contributed by atoms with Gasteiger partial charge in [-0.15, -0.1) is 0 Å². The van der Waals surface area contributed by atoms with Crippen molar-refractivity contribution in [1.29, 1.82) is 0 Å². The maximum Gasteiger partial charge on any atom is 0.292 e. The summed E-state index contributed by atoms with van der Waals surface area (Å²) in [5.74, 6) is 0.444. The molecule has 2 rings (SSSR count). The number of nitrogens with one attached hydrogen (secondary N) is 1. The summed E-state index contributed by atoms with van der Waals surface area (Å²) in [7, 11) is 0. The van der Waals surface area contributed by atoms with E-state index in [-0.39, 0.29) is 18.3 Å². The fourth-order valence-electron chi connectivity index (χ4n) is 2.85. The molecule has 1 aliphatic rings. The molecule has 0 unspecified atom stereocenters. The number of nitrogens with zero attached hydrogens (tertiary/aromatic N) is 1. The van der Waals surface area contributed by atoms with Crippen LogP contribution in [-0.2, 0) is 11.4 Å². The minimum absolute atomic E-state index is 0.0298.